The molecule has 0 fully saturated rings. The Morgan fingerprint density at radius 3 is 2.57 bits per heavy atom. The lowest BCUT2D eigenvalue weighted by Crippen LogP contribution is -2.41. The lowest BCUT2D eigenvalue weighted by Gasteiger charge is -2.25. The van der Waals surface area contributed by atoms with E-state index in [0.717, 1.165) is 13.1 Å². The third-order valence-corrected chi connectivity index (χ3v) is 4.62. The fourth-order valence-corrected chi connectivity index (χ4v) is 3.33. The number of benzene rings is 2. The second-order valence-electron chi connectivity index (χ2n) is 6.00. The zero-order valence-electron chi connectivity index (χ0n) is 13.4. The quantitative estimate of drug-likeness (QED) is 0.784. The molecule has 0 bridgehead atoms. The highest BCUT2D eigenvalue weighted by Gasteiger charge is 2.32. The Bertz CT molecular complexity index is 684. The average molecular weight is 282 g/mol. The molecule has 1 aliphatic heterocycles. The first-order chi connectivity index (χ1) is 10.1. The van der Waals surface area contributed by atoms with E-state index < -0.39 is 0 Å². The lowest BCUT2D eigenvalue weighted by atomic mass is 9.99. The fourth-order valence-electron chi connectivity index (χ4n) is 3.33. The van der Waals surface area contributed by atoms with Crippen molar-refractivity contribution in [2.24, 2.45) is 0 Å². The van der Waals surface area contributed by atoms with Gasteiger partial charge in [0.15, 0.2) is 0 Å². The van der Waals surface area contributed by atoms with E-state index in [4.69, 9.17) is 0 Å². The summed E-state index contributed by atoms with van der Waals surface area (Å²) in [6, 6.07) is 15.6. The molecule has 2 aromatic rings. The van der Waals surface area contributed by atoms with Gasteiger partial charge in [0, 0.05) is 0 Å². The van der Waals surface area contributed by atoms with E-state index in [1.165, 1.54) is 22.3 Å². The third-order valence-electron chi connectivity index (χ3n) is 4.62. The van der Waals surface area contributed by atoms with Crippen LogP contribution in [-0.2, 0) is 0 Å². The average Bonchev–Trinajstić information content (AvgIpc) is 2.84. The number of rotatable bonds is 2. The van der Waals surface area contributed by atoms with E-state index in [1.54, 1.807) is 0 Å². The molecular weight excluding hydrogens is 258 g/mol. The summed E-state index contributed by atoms with van der Waals surface area (Å²) in [6.45, 7) is 4.48. The van der Waals surface area contributed by atoms with Crippen molar-refractivity contribution in [3.05, 3.63) is 48.0 Å². The molecule has 110 valence electrons. The zero-order valence-corrected chi connectivity index (χ0v) is 13.4. The maximum atomic E-state index is 2.38. The van der Waals surface area contributed by atoms with Gasteiger partial charge in [0.1, 0.15) is 6.04 Å². The monoisotopic (exact) mass is 282 g/mol. The minimum atomic E-state index is 0.342. The molecule has 1 aliphatic rings. The van der Waals surface area contributed by atoms with Gasteiger partial charge in [-0.1, -0.05) is 42.5 Å². The molecule has 0 aliphatic carbocycles. The van der Waals surface area contributed by atoms with Crippen LogP contribution in [0.15, 0.2) is 42.5 Å². The maximum absolute atomic E-state index is 2.38. The molecule has 0 unspecified atom stereocenters. The van der Waals surface area contributed by atoms with E-state index in [2.05, 4.69) is 84.9 Å². The summed E-state index contributed by atoms with van der Waals surface area (Å²) >= 11 is 0. The van der Waals surface area contributed by atoms with Crippen LogP contribution in [0, 0.1) is 0 Å². The van der Waals surface area contributed by atoms with Gasteiger partial charge in [-0.15, -0.1) is 0 Å². The maximum Gasteiger partial charge on any atom is 0.350 e. The SMILES string of the molecule is C[C@@H](c1cccc2ccccc12)N(C)C1=[N+](C)CCN1C. The highest BCUT2D eigenvalue weighted by atomic mass is 15.4. The molecule has 3 heteroatoms. The van der Waals surface area contributed by atoms with E-state index in [1.807, 2.05) is 0 Å². The Kier molecular flexibility index (Phi) is 3.58. The van der Waals surface area contributed by atoms with Gasteiger partial charge in [-0.2, -0.15) is 0 Å². The van der Waals surface area contributed by atoms with Gasteiger partial charge >= 0.3 is 5.96 Å². The normalized spacial score (nSPS) is 16.7. The predicted molar refractivity (Wildman–Crippen MR) is 88.8 cm³/mol. The lowest BCUT2D eigenvalue weighted by molar-refractivity contribution is -0.491. The number of likely N-dealkylation sites (N-methyl/N-ethyl adjacent to an activating group) is 2. The summed E-state index contributed by atoms with van der Waals surface area (Å²) in [5.41, 5.74) is 1.39. The first-order valence-corrected chi connectivity index (χ1v) is 7.59. The van der Waals surface area contributed by atoms with Crippen LogP contribution in [0.4, 0.5) is 0 Å². The molecule has 0 aromatic heterocycles. The molecule has 3 nitrogen and oxygen atoms in total. The summed E-state index contributed by atoms with van der Waals surface area (Å²) in [5, 5.41) is 2.66. The summed E-state index contributed by atoms with van der Waals surface area (Å²) in [6.07, 6.45) is 0. The molecular formula is C18H24N3+. The Morgan fingerprint density at radius 2 is 1.86 bits per heavy atom. The highest BCUT2D eigenvalue weighted by molar-refractivity contribution is 5.86. The number of nitrogens with zero attached hydrogens (tertiary/aromatic N) is 3. The first kappa shape index (κ1) is 13.9. The Labute approximate surface area is 127 Å². The van der Waals surface area contributed by atoms with Crippen molar-refractivity contribution < 1.29 is 4.58 Å². The van der Waals surface area contributed by atoms with Gasteiger partial charge in [-0.25, -0.2) is 0 Å². The third kappa shape index (κ3) is 2.37. The van der Waals surface area contributed by atoms with Gasteiger partial charge in [-0.3, -0.25) is 14.4 Å². The van der Waals surface area contributed by atoms with E-state index in [0.29, 0.717) is 6.04 Å². The van der Waals surface area contributed by atoms with Crippen LogP contribution in [0.2, 0.25) is 0 Å². The fraction of sp³-hybridized carbons (Fsp3) is 0.389. The second kappa shape index (κ2) is 5.40. The first-order valence-electron chi connectivity index (χ1n) is 7.59. The van der Waals surface area contributed by atoms with Crippen LogP contribution in [-0.4, -0.2) is 54.6 Å². The van der Waals surface area contributed by atoms with Crippen LogP contribution in [0.5, 0.6) is 0 Å². The molecule has 0 saturated heterocycles. The van der Waals surface area contributed by atoms with Crippen LogP contribution < -0.4 is 0 Å². The van der Waals surface area contributed by atoms with Crippen molar-refractivity contribution in [1.82, 2.24) is 9.80 Å². The van der Waals surface area contributed by atoms with Crippen molar-refractivity contribution in [1.29, 1.82) is 0 Å². The van der Waals surface area contributed by atoms with Crippen molar-refractivity contribution in [3.8, 4) is 0 Å². The topological polar surface area (TPSA) is 9.49 Å². The molecule has 0 saturated carbocycles. The summed E-state index contributed by atoms with van der Waals surface area (Å²) in [4.78, 5) is 4.72. The number of hydrogen-bond donors (Lipinski definition) is 0. The smallest absolute Gasteiger partial charge is 0.264 e. The predicted octanol–water partition coefficient (Wildman–Crippen LogP) is 2.78. The Balaban J connectivity index is 2.01. The van der Waals surface area contributed by atoms with Gasteiger partial charge in [0.25, 0.3) is 0 Å². The zero-order chi connectivity index (χ0) is 15.0. The van der Waals surface area contributed by atoms with Crippen LogP contribution in [0.3, 0.4) is 0 Å². The standard InChI is InChI=1S/C18H24N3/c1-14(21(4)18-19(2)12-13-20(18)3)16-11-7-9-15-8-5-6-10-17(15)16/h5-11,14H,12-13H2,1-4H3/q+1/t14-/m0/s1. The molecule has 1 heterocycles. The van der Waals surface area contributed by atoms with E-state index in [9.17, 15) is 0 Å². The summed E-state index contributed by atoms with van der Waals surface area (Å²) < 4.78 is 2.33. The summed E-state index contributed by atoms with van der Waals surface area (Å²) in [7, 11) is 6.54. The second-order valence-corrected chi connectivity index (χ2v) is 6.00. The molecule has 0 N–H and O–H groups in total. The Morgan fingerprint density at radius 1 is 1.14 bits per heavy atom. The van der Waals surface area contributed by atoms with Gasteiger partial charge in [0.05, 0.1) is 34.2 Å². The molecule has 0 amide bonds. The highest BCUT2D eigenvalue weighted by Crippen LogP contribution is 2.28. The molecule has 21 heavy (non-hydrogen) atoms. The molecule has 1 atom stereocenters. The van der Waals surface area contributed by atoms with E-state index in [-0.39, 0.29) is 0 Å². The number of hydrogen-bond acceptors (Lipinski definition) is 2. The Hall–Kier alpha value is -2.03. The van der Waals surface area contributed by atoms with Crippen molar-refractivity contribution >= 4 is 16.7 Å². The van der Waals surface area contributed by atoms with Crippen LogP contribution in [0.25, 0.3) is 10.8 Å². The molecule has 0 spiro atoms. The summed E-state index contributed by atoms with van der Waals surface area (Å²) in [5.74, 6) is 1.30. The molecule has 0 radical (unpaired) electrons. The van der Waals surface area contributed by atoms with Crippen LogP contribution in [0.1, 0.15) is 18.5 Å². The minimum Gasteiger partial charge on any atom is -0.264 e. The van der Waals surface area contributed by atoms with Crippen molar-refractivity contribution in [2.45, 2.75) is 13.0 Å². The largest absolute Gasteiger partial charge is 0.350 e. The van der Waals surface area contributed by atoms with Crippen LogP contribution >= 0.6 is 0 Å². The molecule has 2 aromatic carbocycles. The van der Waals surface area contributed by atoms with Gasteiger partial charge < -0.3 is 0 Å². The van der Waals surface area contributed by atoms with E-state index >= 15 is 0 Å². The molecule has 3 rings (SSSR count). The van der Waals surface area contributed by atoms with Gasteiger partial charge in [-0.05, 0) is 23.3 Å². The number of guanidine groups is 1. The minimum absolute atomic E-state index is 0.342. The number of fused-ring (bicyclic) bond motifs is 1. The van der Waals surface area contributed by atoms with Gasteiger partial charge in [0.2, 0.25) is 0 Å². The van der Waals surface area contributed by atoms with Crippen molar-refractivity contribution in [2.75, 3.05) is 34.2 Å². The van der Waals surface area contributed by atoms with Crippen molar-refractivity contribution in [3.63, 3.8) is 0 Å².